The number of halogens is 1. The van der Waals surface area contributed by atoms with Gasteiger partial charge >= 0.3 is 0 Å². The number of nitrogens with zero attached hydrogens (tertiary/aromatic N) is 1. The first-order valence-electron chi connectivity index (χ1n) is 7.05. The van der Waals surface area contributed by atoms with Crippen LogP contribution < -0.4 is 11.1 Å². The van der Waals surface area contributed by atoms with Crippen molar-refractivity contribution in [2.75, 3.05) is 5.32 Å². The quantitative estimate of drug-likeness (QED) is 0.857. The molecule has 0 aliphatic rings. The highest BCUT2D eigenvalue weighted by Gasteiger charge is 2.08. The van der Waals surface area contributed by atoms with Crippen molar-refractivity contribution in [1.29, 1.82) is 0 Å². The van der Waals surface area contributed by atoms with Crippen LogP contribution >= 0.6 is 11.6 Å². The van der Waals surface area contributed by atoms with Crippen molar-refractivity contribution >= 4 is 23.2 Å². The average molecular weight is 306 g/mol. The lowest BCUT2D eigenvalue weighted by Gasteiger charge is -2.08. The number of hydrogen-bond donors (Lipinski definition) is 2. The van der Waals surface area contributed by atoms with Crippen LogP contribution in [0.4, 0.5) is 5.69 Å². The second-order valence-electron chi connectivity index (χ2n) is 5.07. The smallest absolute Gasteiger partial charge is 0.244 e. The molecule has 1 aromatic heterocycles. The SMILES string of the molecule is CCCC(N)c1ccn(CC(=O)Nc2cccc(Cl)c2)c1. The number of nitrogens with one attached hydrogen (secondary N) is 1. The van der Waals surface area contributed by atoms with Gasteiger partial charge in [-0.15, -0.1) is 0 Å². The van der Waals surface area contributed by atoms with E-state index in [-0.39, 0.29) is 18.5 Å². The molecule has 0 aliphatic heterocycles. The number of rotatable bonds is 6. The highest BCUT2D eigenvalue weighted by atomic mass is 35.5. The summed E-state index contributed by atoms with van der Waals surface area (Å²) in [6.07, 6.45) is 5.79. The van der Waals surface area contributed by atoms with E-state index in [0.717, 1.165) is 18.4 Å². The van der Waals surface area contributed by atoms with Crippen LogP contribution in [0.25, 0.3) is 0 Å². The second-order valence-corrected chi connectivity index (χ2v) is 5.51. The Morgan fingerprint density at radius 3 is 2.95 bits per heavy atom. The van der Waals surface area contributed by atoms with Crippen LogP contribution in [0.15, 0.2) is 42.7 Å². The van der Waals surface area contributed by atoms with E-state index in [1.807, 2.05) is 29.1 Å². The van der Waals surface area contributed by atoms with E-state index in [2.05, 4.69) is 12.2 Å². The lowest BCUT2D eigenvalue weighted by molar-refractivity contribution is -0.116. The number of benzene rings is 1. The van der Waals surface area contributed by atoms with Gasteiger partial charge < -0.3 is 15.6 Å². The summed E-state index contributed by atoms with van der Waals surface area (Å²) in [6.45, 7) is 2.36. The van der Waals surface area contributed by atoms with Crippen molar-refractivity contribution in [3.63, 3.8) is 0 Å². The molecule has 3 N–H and O–H groups in total. The monoisotopic (exact) mass is 305 g/mol. The Hall–Kier alpha value is -1.78. The number of anilines is 1. The van der Waals surface area contributed by atoms with Gasteiger partial charge in [0.2, 0.25) is 5.91 Å². The van der Waals surface area contributed by atoms with Gasteiger partial charge in [-0.3, -0.25) is 4.79 Å². The van der Waals surface area contributed by atoms with Gasteiger partial charge in [-0.05, 0) is 36.2 Å². The molecule has 4 nitrogen and oxygen atoms in total. The summed E-state index contributed by atoms with van der Waals surface area (Å²) in [5, 5.41) is 3.42. The van der Waals surface area contributed by atoms with Crippen molar-refractivity contribution in [3.8, 4) is 0 Å². The summed E-state index contributed by atoms with van der Waals surface area (Å²) in [7, 11) is 0. The maximum Gasteiger partial charge on any atom is 0.244 e. The molecule has 0 bridgehead atoms. The predicted octanol–water partition coefficient (Wildman–Crippen LogP) is 3.58. The molecule has 0 fully saturated rings. The van der Waals surface area contributed by atoms with Gasteiger partial charge in [-0.2, -0.15) is 0 Å². The molecule has 2 rings (SSSR count). The van der Waals surface area contributed by atoms with Crippen LogP contribution in [0.5, 0.6) is 0 Å². The van der Waals surface area contributed by atoms with E-state index < -0.39 is 0 Å². The molecule has 1 amide bonds. The van der Waals surface area contributed by atoms with E-state index in [0.29, 0.717) is 10.7 Å². The molecule has 5 heteroatoms. The van der Waals surface area contributed by atoms with Crippen LogP contribution in [0.2, 0.25) is 5.02 Å². The minimum atomic E-state index is -0.0940. The Morgan fingerprint density at radius 1 is 1.43 bits per heavy atom. The maximum atomic E-state index is 12.0. The van der Waals surface area contributed by atoms with Crippen LogP contribution in [-0.2, 0) is 11.3 Å². The molecule has 0 saturated heterocycles. The minimum Gasteiger partial charge on any atom is -0.345 e. The molecule has 1 unspecified atom stereocenters. The highest BCUT2D eigenvalue weighted by Crippen LogP contribution is 2.17. The van der Waals surface area contributed by atoms with Crippen LogP contribution in [0.3, 0.4) is 0 Å². The van der Waals surface area contributed by atoms with Crippen LogP contribution in [0, 0.1) is 0 Å². The third kappa shape index (κ3) is 4.62. The normalized spacial score (nSPS) is 12.1. The Labute approximate surface area is 129 Å². The van der Waals surface area contributed by atoms with Crippen molar-refractivity contribution in [2.45, 2.75) is 32.4 Å². The number of nitrogens with two attached hydrogens (primary N) is 1. The van der Waals surface area contributed by atoms with Gasteiger partial charge in [0.15, 0.2) is 0 Å². The summed E-state index contributed by atoms with van der Waals surface area (Å²) in [6, 6.07) is 9.10. The Bertz CT molecular complexity index is 609. The third-order valence-corrected chi connectivity index (χ3v) is 3.47. The zero-order valence-corrected chi connectivity index (χ0v) is 12.8. The molecule has 1 atom stereocenters. The van der Waals surface area contributed by atoms with Gasteiger partial charge in [0.05, 0.1) is 0 Å². The Morgan fingerprint density at radius 2 is 2.24 bits per heavy atom. The van der Waals surface area contributed by atoms with Crippen LogP contribution in [-0.4, -0.2) is 10.5 Å². The summed E-state index contributed by atoms with van der Waals surface area (Å²) in [4.78, 5) is 12.0. The molecule has 0 spiro atoms. The maximum absolute atomic E-state index is 12.0. The van der Waals surface area contributed by atoms with Crippen molar-refractivity contribution in [2.24, 2.45) is 5.73 Å². The lowest BCUT2D eigenvalue weighted by atomic mass is 10.1. The molecule has 1 heterocycles. The number of carbonyl (C=O) groups excluding carboxylic acids is 1. The van der Waals surface area contributed by atoms with Crippen molar-refractivity contribution in [1.82, 2.24) is 4.57 Å². The highest BCUT2D eigenvalue weighted by molar-refractivity contribution is 6.30. The number of aromatic nitrogens is 1. The van der Waals surface area contributed by atoms with Gasteiger partial charge in [0.25, 0.3) is 0 Å². The fraction of sp³-hybridized carbons (Fsp3) is 0.312. The predicted molar refractivity (Wildman–Crippen MR) is 86.4 cm³/mol. The standard InChI is InChI=1S/C16H20ClN3O/c1-2-4-15(18)12-7-8-20(10-12)11-16(21)19-14-6-3-5-13(17)9-14/h3,5-10,15H,2,4,11,18H2,1H3,(H,19,21). The lowest BCUT2D eigenvalue weighted by Crippen LogP contribution is -2.18. The van der Waals surface area contributed by atoms with E-state index in [9.17, 15) is 4.79 Å². The summed E-state index contributed by atoms with van der Waals surface area (Å²) in [5.41, 5.74) is 7.82. The summed E-state index contributed by atoms with van der Waals surface area (Å²) >= 11 is 5.89. The fourth-order valence-corrected chi connectivity index (χ4v) is 2.38. The van der Waals surface area contributed by atoms with E-state index in [1.165, 1.54) is 0 Å². The largest absolute Gasteiger partial charge is 0.345 e. The van der Waals surface area contributed by atoms with E-state index in [1.54, 1.807) is 18.2 Å². The van der Waals surface area contributed by atoms with Gasteiger partial charge in [0, 0.05) is 29.1 Å². The zero-order valence-electron chi connectivity index (χ0n) is 12.1. The zero-order chi connectivity index (χ0) is 15.2. The fourth-order valence-electron chi connectivity index (χ4n) is 2.19. The summed E-state index contributed by atoms with van der Waals surface area (Å²) in [5.74, 6) is -0.0940. The molecule has 0 saturated carbocycles. The van der Waals surface area contributed by atoms with Crippen LogP contribution in [0.1, 0.15) is 31.4 Å². The minimum absolute atomic E-state index is 0.0345. The molecule has 21 heavy (non-hydrogen) atoms. The Balaban J connectivity index is 1.94. The van der Waals surface area contributed by atoms with Gasteiger partial charge in [0.1, 0.15) is 6.54 Å². The summed E-state index contributed by atoms with van der Waals surface area (Å²) < 4.78 is 1.84. The van der Waals surface area contributed by atoms with Gasteiger partial charge in [-0.1, -0.05) is 31.0 Å². The van der Waals surface area contributed by atoms with Gasteiger partial charge in [-0.25, -0.2) is 0 Å². The molecule has 112 valence electrons. The molecule has 2 aromatic rings. The van der Waals surface area contributed by atoms with E-state index in [4.69, 9.17) is 17.3 Å². The molecule has 0 radical (unpaired) electrons. The third-order valence-electron chi connectivity index (χ3n) is 3.24. The Kier molecular flexibility index (Phi) is 5.42. The topological polar surface area (TPSA) is 60.0 Å². The van der Waals surface area contributed by atoms with E-state index >= 15 is 0 Å². The molecule has 1 aromatic carbocycles. The first-order valence-corrected chi connectivity index (χ1v) is 7.43. The number of amides is 1. The average Bonchev–Trinajstić information content (AvgIpc) is 2.87. The molecular formula is C16H20ClN3O. The van der Waals surface area contributed by atoms with Crippen molar-refractivity contribution in [3.05, 3.63) is 53.3 Å². The second kappa shape index (κ2) is 7.29. The number of hydrogen-bond acceptors (Lipinski definition) is 2. The number of carbonyl (C=O) groups is 1. The van der Waals surface area contributed by atoms with Crippen molar-refractivity contribution < 1.29 is 4.79 Å². The molecule has 0 aliphatic carbocycles. The first-order chi connectivity index (χ1) is 10.1. The molecular weight excluding hydrogens is 286 g/mol. The first kappa shape index (κ1) is 15.6.